The zero-order chi connectivity index (χ0) is 30.0. The number of benzene rings is 1. The second-order valence-electron chi connectivity index (χ2n) is 11.5. The van der Waals surface area contributed by atoms with Gasteiger partial charge in [0.15, 0.2) is 11.5 Å². The van der Waals surface area contributed by atoms with Crippen molar-refractivity contribution in [2.24, 2.45) is 0 Å². The number of hydrogen-bond donors (Lipinski definition) is 3. The molecule has 0 unspecified atom stereocenters. The summed E-state index contributed by atoms with van der Waals surface area (Å²) >= 11 is 0. The summed E-state index contributed by atoms with van der Waals surface area (Å²) in [6.45, 7) is 7.92. The molecular formula is C31H49NO11. The van der Waals surface area contributed by atoms with Crippen LogP contribution in [0.5, 0.6) is 11.5 Å². The van der Waals surface area contributed by atoms with Gasteiger partial charge in [-0.1, -0.05) is 6.07 Å². The molecule has 1 saturated carbocycles. The number of aromatic hydroxyl groups is 1. The highest BCUT2D eigenvalue weighted by Crippen LogP contribution is 2.64. The fourth-order valence-corrected chi connectivity index (χ4v) is 7.17. The minimum atomic E-state index is -0.915. The number of phenols is 1. The summed E-state index contributed by atoms with van der Waals surface area (Å²) in [6.07, 6.45) is 2.29. The number of hydrogen-bond acceptors (Lipinski definition) is 12. The largest absolute Gasteiger partial charge is 0.504 e. The Morgan fingerprint density at radius 1 is 0.791 bits per heavy atom. The normalized spacial score (nSPS) is 28.6. The Morgan fingerprint density at radius 2 is 1.35 bits per heavy atom. The highest BCUT2D eigenvalue weighted by Gasteiger charge is 2.72. The Morgan fingerprint density at radius 3 is 1.93 bits per heavy atom. The van der Waals surface area contributed by atoms with Crippen LogP contribution in [-0.4, -0.2) is 140 Å². The van der Waals surface area contributed by atoms with Crippen molar-refractivity contribution < 1.29 is 52.8 Å². The van der Waals surface area contributed by atoms with Crippen LogP contribution in [0.2, 0.25) is 0 Å². The molecule has 0 aromatic heterocycles. The first-order valence-electron chi connectivity index (χ1n) is 15.7. The van der Waals surface area contributed by atoms with Crippen molar-refractivity contribution in [1.82, 2.24) is 5.32 Å². The van der Waals surface area contributed by atoms with E-state index in [0.29, 0.717) is 111 Å². The highest BCUT2D eigenvalue weighted by atomic mass is 16.6. The predicted molar refractivity (Wildman–Crippen MR) is 155 cm³/mol. The Bertz CT molecular complexity index is 999. The molecular weight excluding hydrogens is 562 g/mol. The van der Waals surface area contributed by atoms with Gasteiger partial charge in [0.1, 0.15) is 6.10 Å². The standard InChI is InChI=1S/C31H49NO11/c1-35-8-9-36-10-11-37-12-13-38-14-15-39-16-17-40-18-19-41-20-21-42-25-4-5-31(34)26-22-23-2-3-24(33)28-27(23)30(31,6-7-32-26)29(25)43-28/h2-3,25-26,29,32-34H,4-22H2,1H3/t25-,26+,29-,30-,31+/m0/s1. The molecule has 2 fully saturated rings. The zero-order valence-electron chi connectivity index (χ0n) is 25.4. The highest BCUT2D eigenvalue weighted by molar-refractivity contribution is 5.62. The lowest BCUT2D eigenvalue weighted by atomic mass is 9.49. The van der Waals surface area contributed by atoms with Crippen molar-refractivity contribution in [3.63, 3.8) is 0 Å². The summed E-state index contributed by atoms with van der Waals surface area (Å²) in [4.78, 5) is 0. The second-order valence-corrected chi connectivity index (χ2v) is 11.5. The maximum Gasteiger partial charge on any atom is 0.165 e. The van der Waals surface area contributed by atoms with Crippen molar-refractivity contribution in [2.75, 3.05) is 106 Å². The van der Waals surface area contributed by atoms with Crippen molar-refractivity contribution in [1.29, 1.82) is 0 Å². The van der Waals surface area contributed by atoms with Gasteiger partial charge in [-0.05, 0) is 43.9 Å². The van der Waals surface area contributed by atoms with E-state index < -0.39 is 11.0 Å². The van der Waals surface area contributed by atoms with E-state index in [0.717, 1.165) is 30.5 Å². The van der Waals surface area contributed by atoms with Gasteiger partial charge in [-0.3, -0.25) is 0 Å². The Kier molecular flexibility index (Phi) is 12.3. The number of aliphatic hydroxyl groups is 1. The molecule has 2 aliphatic carbocycles. The van der Waals surface area contributed by atoms with Crippen LogP contribution in [0.25, 0.3) is 0 Å². The molecule has 2 heterocycles. The fraction of sp³-hybridized carbons (Fsp3) is 0.806. The lowest BCUT2D eigenvalue weighted by Crippen LogP contribution is -2.76. The number of rotatable bonds is 22. The number of methoxy groups -OCH3 is 1. The molecule has 5 atom stereocenters. The van der Waals surface area contributed by atoms with Crippen LogP contribution in [-0.2, 0) is 49.7 Å². The summed E-state index contributed by atoms with van der Waals surface area (Å²) in [7, 11) is 1.65. The summed E-state index contributed by atoms with van der Waals surface area (Å²) in [5, 5.41) is 26.2. The van der Waals surface area contributed by atoms with E-state index in [4.69, 9.17) is 42.6 Å². The van der Waals surface area contributed by atoms with E-state index in [-0.39, 0.29) is 24.0 Å². The molecule has 0 amide bonds. The van der Waals surface area contributed by atoms with Gasteiger partial charge in [-0.2, -0.15) is 0 Å². The third-order valence-electron chi connectivity index (χ3n) is 9.08. The van der Waals surface area contributed by atoms with Crippen LogP contribution in [0.15, 0.2) is 12.1 Å². The van der Waals surface area contributed by atoms with Gasteiger partial charge >= 0.3 is 0 Å². The van der Waals surface area contributed by atoms with Crippen molar-refractivity contribution >= 4 is 0 Å². The van der Waals surface area contributed by atoms with E-state index in [1.54, 1.807) is 13.2 Å². The Labute approximate surface area is 254 Å². The van der Waals surface area contributed by atoms with Crippen molar-refractivity contribution in [2.45, 2.75) is 54.9 Å². The number of nitrogens with one attached hydrogen (secondary N) is 1. The molecule has 244 valence electrons. The topological polar surface area (TPSA) is 136 Å². The maximum absolute atomic E-state index is 12.0. The van der Waals surface area contributed by atoms with Crippen LogP contribution < -0.4 is 10.1 Å². The molecule has 3 N–H and O–H groups in total. The van der Waals surface area contributed by atoms with Crippen molar-refractivity contribution in [3.8, 4) is 11.5 Å². The summed E-state index contributed by atoms with van der Waals surface area (Å²) < 4.78 is 50.6. The van der Waals surface area contributed by atoms with Crippen molar-refractivity contribution in [3.05, 3.63) is 23.3 Å². The molecule has 0 radical (unpaired) electrons. The van der Waals surface area contributed by atoms with Crippen LogP contribution >= 0.6 is 0 Å². The van der Waals surface area contributed by atoms with Gasteiger partial charge in [0.2, 0.25) is 0 Å². The second kappa shape index (κ2) is 16.1. The van der Waals surface area contributed by atoms with Gasteiger partial charge in [-0.15, -0.1) is 0 Å². The number of piperidine rings is 1. The molecule has 43 heavy (non-hydrogen) atoms. The van der Waals surface area contributed by atoms with Gasteiger partial charge in [-0.25, -0.2) is 0 Å². The smallest absolute Gasteiger partial charge is 0.165 e. The molecule has 2 aliphatic heterocycles. The minimum absolute atomic E-state index is 0.0220. The molecule has 2 bridgehead atoms. The molecule has 1 spiro atoms. The Hall–Kier alpha value is -1.58. The van der Waals surface area contributed by atoms with E-state index in [2.05, 4.69) is 5.32 Å². The molecule has 12 nitrogen and oxygen atoms in total. The van der Waals surface area contributed by atoms with E-state index in [9.17, 15) is 10.2 Å². The molecule has 12 heteroatoms. The molecule has 1 aromatic carbocycles. The van der Waals surface area contributed by atoms with Gasteiger partial charge in [0.05, 0.1) is 110 Å². The summed E-state index contributed by atoms with van der Waals surface area (Å²) in [6, 6.07) is 3.66. The van der Waals surface area contributed by atoms with Crippen LogP contribution in [0, 0.1) is 0 Å². The zero-order valence-corrected chi connectivity index (χ0v) is 25.4. The molecule has 4 aliphatic rings. The quantitative estimate of drug-likeness (QED) is 0.161. The van der Waals surface area contributed by atoms with Gasteiger partial charge in [0, 0.05) is 18.7 Å². The van der Waals surface area contributed by atoms with Gasteiger partial charge in [0.25, 0.3) is 0 Å². The third kappa shape index (κ3) is 7.30. The first-order valence-corrected chi connectivity index (χ1v) is 15.7. The van der Waals surface area contributed by atoms with Gasteiger partial charge < -0.3 is 58.2 Å². The van der Waals surface area contributed by atoms with E-state index in [1.165, 1.54) is 0 Å². The lowest BCUT2D eigenvalue weighted by molar-refractivity contribution is -0.192. The molecule has 1 aromatic rings. The monoisotopic (exact) mass is 611 g/mol. The number of phenolic OH excluding ortho intramolecular Hbond substituents is 1. The third-order valence-corrected chi connectivity index (χ3v) is 9.08. The Balaban J connectivity index is 0.888. The SMILES string of the molecule is COCCOCCOCCOCCOCCOCCOCCO[C@H]1CC[C@@]2(O)[C@H]3Cc4ccc(O)c5c4[C@@]2(CCN3)[C@H]1O5. The minimum Gasteiger partial charge on any atom is -0.504 e. The summed E-state index contributed by atoms with van der Waals surface area (Å²) in [5.41, 5.74) is 0.668. The van der Waals surface area contributed by atoms with E-state index >= 15 is 0 Å². The summed E-state index contributed by atoms with van der Waals surface area (Å²) in [5.74, 6) is 0.669. The average molecular weight is 612 g/mol. The first-order chi connectivity index (χ1) is 21.1. The maximum atomic E-state index is 12.0. The van der Waals surface area contributed by atoms with Crippen LogP contribution in [0.1, 0.15) is 30.4 Å². The average Bonchev–Trinajstić information content (AvgIpc) is 3.36. The number of ether oxygens (including phenoxy) is 9. The molecule has 1 saturated heterocycles. The van der Waals surface area contributed by atoms with Crippen LogP contribution in [0.3, 0.4) is 0 Å². The van der Waals surface area contributed by atoms with Crippen LogP contribution in [0.4, 0.5) is 0 Å². The first kappa shape index (κ1) is 32.8. The van der Waals surface area contributed by atoms with E-state index in [1.807, 2.05) is 6.07 Å². The fourth-order valence-electron chi connectivity index (χ4n) is 7.17. The predicted octanol–water partition coefficient (Wildman–Crippen LogP) is 0.965. The lowest BCUT2D eigenvalue weighted by Gasteiger charge is -2.61. The molecule has 5 rings (SSSR count).